The maximum absolute atomic E-state index is 11.8. The first-order valence-corrected chi connectivity index (χ1v) is 9.39. The Morgan fingerprint density at radius 1 is 1.22 bits per heavy atom. The molecule has 0 unspecified atom stereocenters. The molecule has 0 bridgehead atoms. The van der Waals surface area contributed by atoms with Crippen molar-refractivity contribution in [3.8, 4) is 0 Å². The smallest absolute Gasteiger partial charge is 0.407 e. The second-order valence-corrected chi connectivity index (χ2v) is 7.68. The molecule has 0 saturated carbocycles. The lowest BCUT2D eigenvalue weighted by Gasteiger charge is -2.22. The van der Waals surface area contributed by atoms with Crippen molar-refractivity contribution in [2.75, 3.05) is 23.4 Å². The van der Waals surface area contributed by atoms with Gasteiger partial charge in [0.2, 0.25) is 0 Å². The fourth-order valence-corrected chi connectivity index (χ4v) is 4.44. The highest BCUT2D eigenvalue weighted by atomic mass is 32.2. The number of carbonyl (C=O) groups excluding carboxylic acids is 1. The van der Waals surface area contributed by atoms with Crippen LogP contribution in [0.5, 0.6) is 0 Å². The van der Waals surface area contributed by atoms with Gasteiger partial charge in [0.25, 0.3) is 0 Å². The Labute approximate surface area is 140 Å². The number of anilines is 1. The van der Waals surface area contributed by atoms with E-state index < -0.39 is 28.0 Å². The third-order valence-corrected chi connectivity index (χ3v) is 5.23. The van der Waals surface area contributed by atoms with Gasteiger partial charge in [0, 0.05) is 5.69 Å². The summed E-state index contributed by atoms with van der Waals surface area (Å²) in [5, 5.41) is 8.79. The van der Waals surface area contributed by atoms with E-state index in [0.29, 0.717) is 5.11 Å². The molecule has 1 saturated heterocycles. The Morgan fingerprint density at radius 2 is 1.83 bits per heavy atom. The maximum atomic E-state index is 11.8. The fourth-order valence-electron chi connectivity index (χ4n) is 2.31. The van der Waals surface area contributed by atoms with Gasteiger partial charge in [-0.15, -0.1) is 0 Å². The number of alkyl carbamates (subject to hydrolysis) is 1. The molecule has 0 aromatic heterocycles. The molecule has 1 amide bonds. The number of carbonyl (C=O) groups is 1. The summed E-state index contributed by atoms with van der Waals surface area (Å²) in [6.07, 6.45) is -0.636. The molecule has 2 rings (SSSR count). The molecule has 0 radical (unpaired) electrons. The van der Waals surface area contributed by atoms with Crippen LogP contribution in [0, 0.1) is 0 Å². The summed E-state index contributed by atoms with van der Waals surface area (Å²) < 4.78 is 28.5. The molecule has 0 spiro atoms. The highest BCUT2D eigenvalue weighted by molar-refractivity contribution is 7.91. The number of nitrogens with one attached hydrogen (secondary N) is 3. The van der Waals surface area contributed by atoms with Crippen molar-refractivity contribution < 1.29 is 17.9 Å². The zero-order valence-electron chi connectivity index (χ0n) is 12.6. The molecular formula is C14H19N3O4S2. The van der Waals surface area contributed by atoms with E-state index in [-0.39, 0.29) is 18.1 Å². The minimum atomic E-state index is -3.24. The van der Waals surface area contributed by atoms with Crippen LogP contribution >= 0.6 is 12.2 Å². The van der Waals surface area contributed by atoms with E-state index in [4.69, 9.17) is 17.0 Å². The van der Waals surface area contributed by atoms with Gasteiger partial charge in [-0.25, -0.2) is 13.2 Å². The molecule has 1 aliphatic heterocycles. The zero-order valence-corrected chi connectivity index (χ0v) is 14.2. The molecule has 0 aliphatic carbocycles. The van der Waals surface area contributed by atoms with Crippen molar-refractivity contribution in [1.82, 2.24) is 10.6 Å². The number of amides is 1. The van der Waals surface area contributed by atoms with Crippen molar-refractivity contribution in [1.29, 1.82) is 0 Å². The molecule has 23 heavy (non-hydrogen) atoms. The molecule has 7 nitrogen and oxygen atoms in total. The topological polar surface area (TPSA) is 96.5 Å². The first-order valence-electron chi connectivity index (χ1n) is 7.16. The van der Waals surface area contributed by atoms with Crippen LogP contribution in [0.15, 0.2) is 30.3 Å². The van der Waals surface area contributed by atoms with E-state index in [1.54, 1.807) is 6.92 Å². The van der Waals surface area contributed by atoms with Crippen LogP contribution in [0.4, 0.5) is 10.5 Å². The predicted octanol–water partition coefficient (Wildman–Crippen LogP) is 0.885. The number of ether oxygens (including phenoxy) is 1. The summed E-state index contributed by atoms with van der Waals surface area (Å²) in [6.45, 7) is 1.90. The predicted molar refractivity (Wildman–Crippen MR) is 92.2 cm³/mol. The number of hydrogen-bond acceptors (Lipinski definition) is 5. The molecule has 1 aromatic rings. The summed E-state index contributed by atoms with van der Waals surface area (Å²) in [7, 11) is -3.24. The number of para-hydroxylation sites is 1. The number of sulfone groups is 1. The van der Waals surface area contributed by atoms with Gasteiger partial charge < -0.3 is 20.7 Å². The summed E-state index contributed by atoms with van der Waals surface area (Å²) in [5.74, 6) is -0.238. The Morgan fingerprint density at radius 3 is 2.43 bits per heavy atom. The second kappa shape index (κ2) is 7.60. The van der Waals surface area contributed by atoms with Gasteiger partial charge in [0.05, 0.1) is 30.2 Å². The molecule has 9 heteroatoms. The Hall–Kier alpha value is -1.87. The molecule has 1 heterocycles. The van der Waals surface area contributed by atoms with Crippen LogP contribution in [-0.2, 0) is 14.6 Å². The van der Waals surface area contributed by atoms with Crippen LogP contribution in [-0.4, -0.2) is 49.8 Å². The number of rotatable bonds is 4. The van der Waals surface area contributed by atoms with Crippen molar-refractivity contribution >= 4 is 38.9 Å². The molecule has 1 fully saturated rings. The lowest BCUT2D eigenvalue weighted by molar-refractivity contribution is 0.148. The molecule has 2 atom stereocenters. The van der Waals surface area contributed by atoms with Crippen LogP contribution in [0.2, 0.25) is 0 Å². The molecular weight excluding hydrogens is 338 g/mol. The van der Waals surface area contributed by atoms with Crippen molar-refractivity contribution in [2.45, 2.75) is 19.0 Å². The third kappa shape index (κ3) is 5.36. The number of hydrogen-bond donors (Lipinski definition) is 3. The number of thiocarbonyl (C=S) groups is 1. The molecule has 1 aromatic carbocycles. The average Bonchev–Trinajstić information content (AvgIpc) is 2.73. The maximum Gasteiger partial charge on any atom is 0.407 e. The van der Waals surface area contributed by atoms with Crippen molar-refractivity contribution in [3.63, 3.8) is 0 Å². The van der Waals surface area contributed by atoms with Crippen LogP contribution in [0.25, 0.3) is 0 Å². The lowest BCUT2D eigenvalue weighted by atomic mass is 10.2. The van der Waals surface area contributed by atoms with E-state index in [1.807, 2.05) is 30.3 Å². The summed E-state index contributed by atoms with van der Waals surface area (Å²) in [5.41, 5.74) is 0.792. The minimum Gasteiger partial charge on any atom is -0.450 e. The van der Waals surface area contributed by atoms with Gasteiger partial charge in [0.1, 0.15) is 0 Å². The van der Waals surface area contributed by atoms with Crippen molar-refractivity contribution in [2.24, 2.45) is 0 Å². The van der Waals surface area contributed by atoms with Crippen molar-refractivity contribution in [3.05, 3.63) is 30.3 Å². The summed E-state index contributed by atoms with van der Waals surface area (Å²) in [6, 6.07) is 8.18. The highest BCUT2D eigenvalue weighted by Crippen LogP contribution is 2.14. The zero-order chi connectivity index (χ0) is 16.9. The summed E-state index contributed by atoms with van der Waals surface area (Å²) in [4.78, 5) is 11.5. The van der Waals surface area contributed by atoms with Gasteiger partial charge in [-0.3, -0.25) is 0 Å². The minimum absolute atomic E-state index is 0.0965. The normalized spacial score (nSPS) is 22.1. The van der Waals surface area contributed by atoms with Gasteiger partial charge >= 0.3 is 6.09 Å². The first kappa shape index (κ1) is 17.5. The Kier molecular flexibility index (Phi) is 5.78. The molecule has 1 aliphatic rings. The van der Waals surface area contributed by atoms with Gasteiger partial charge in [0.15, 0.2) is 14.9 Å². The lowest BCUT2D eigenvalue weighted by Crippen LogP contribution is -2.51. The van der Waals surface area contributed by atoms with E-state index in [2.05, 4.69) is 16.0 Å². The Bertz CT molecular complexity index is 664. The van der Waals surface area contributed by atoms with Gasteiger partial charge in [-0.1, -0.05) is 18.2 Å². The largest absolute Gasteiger partial charge is 0.450 e. The average molecular weight is 357 g/mol. The standard InChI is InChI=1S/C14H19N3O4S2/c1-2-21-14(18)17-12-9-23(19,20)8-11(12)16-13(22)15-10-6-4-3-5-7-10/h3-7,11-12H,2,8-9H2,1H3,(H,17,18)(H2,15,16,22)/t11-,12-/m0/s1. The quantitative estimate of drug-likeness (QED) is 0.689. The number of benzene rings is 1. The van der Waals surface area contributed by atoms with E-state index >= 15 is 0 Å². The second-order valence-electron chi connectivity index (χ2n) is 5.12. The third-order valence-electron chi connectivity index (χ3n) is 3.28. The van der Waals surface area contributed by atoms with Gasteiger partial charge in [-0.2, -0.15) is 0 Å². The Balaban J connectivity index is 1.97. The van der Waals surface area contributed by atoms with E-state index in [0.717, 1.165) is 5.69 Å². The first-order chi connectivity index (χ1) is 10.9. The molecule has 3 N–H and O–H groups in total. The van der Waals surface area contributed by atoms with Crippen LogP contribution in [0.3, 0.4) is 0 Å². The summed E-state index contributed by atoms with van der Waals surface area (Å²) >= 11 is 5.20. The van der Waals surface area contributed by atoms with E-state index in [9.17, 15) is 13.2 Å². The SMILES string of the molecule is CCOC(=O)N[C@H]1CS(=O)(=O)C[C@@H]1NC(=S)Nc1ccccc1. The fraction of sp³-hybridized carbons (Fsp3) is 0.429. The highest BCUT2D eigenvalue weighted by Gasteiger charge is 2.39. The monoisotopic (exact) mass is 357 g/mol. The van der Waals surface area contributed by atoms with E-state index in [1.165, 1.54) is 0 Å². The van der Waals surface area contributed by atoms with Crippen LogP contribution in [0.1, 0.15) is 6.92 Å². The van der Waals surface area contributed by atoms with Crippen LogP contribution < -0.4 is 16.0 Å². The van der Waals surface area contributed by atoms with Gasteiger partial charge in [-0.05, 0) is 31.3 Å². The molecule has 126 valence electrons.